The van der Waals surface area contributed by atoms with Crippen molar-refractivity contribution in [2.75, 3.05) is 5.73 Å². The normalized spacial score (nSPS) is 12.7. The SMILES string of the molecule is Nc1cc2c(c(O)c1O)C(=O)c1cc(C(=O)O)ccc1C2=O. The Labute approximate surface area is 123 Å². The van der Waals surface area contributed by atoms with Gasteiger partial charge in [-0.2, -0.15) is 0 Å². The number of nitrogen functional groups attached to an aromatic ring is 1. The summed E-state index contributed by atoms with van der Waals surface area (Å²) in [7, 11) is 0. The second-order valence-corrected chi connectivity index (χ2v) is 4.81. The van der Waals surface area contributed by atoms with Gasteiger partial charge in [0, 0.05) is 16.7 Å². The quantitative estimate of drug-likeness (QED) is 0.390. The Morgan fingerprint density at radius 3 is 2.23 bits per heavy atom. The summed E-state index contributed by atoms with van der Waals surface area (Å²) in [4.78, 5) is 35.8. The highest BCUT2D eigenvalue weighted by Crippen LogP contribution is 2.41. The maximum absolute atomic E-state index is 12.5. The predicted molar refractivity (Wildman–Crippen MR) is 74.5 cm³/mol. The number of anilines is 1. The number of ketones is 2. The monoisotopic (exact) mass is 299 g/mol. The number of phenolic OH excluding ortho intramolecular Hbond substituents is 2. The van der Waals surface area contributed by atoms with Gasteiger partial charge in [-0.3, -0.25) is 9.59 Å². The molecular weight excluding hydrogens is 290 g/mol. The number of aromatic carboxylic acids is 1. The van der Waals surface area contributed by atoms with Gasteiger partial charge in [0.25, 0.3) is 0 Å². The molecule has 0 aliphatic heterocycles. The largest absolute Gasteiger partial charge is 0.504 e. The lowest BCUT2D eigenvalue weighted by molar-refractivity contribution is 0.0696. The van der Waals surface area contributed by atoms with Crippen LogP contribution in [0.4, 0.5) is 5.69 Å². The minimum Gasteiger partial charge on any atom is -0.504 e. The first-order valence-corrected chi connectivity index (χ1v) is 6.14. The smallest absolute Gasteiger partial charge is 0.335 e. The summed E-state index contributed by atoms with van der Waals surface area (Å²) >= 11 is 0. The zero-order chi connectivity index (χ0) is 16.2. The number of carboxylic acids is 1. The molecule has 2 aromatic carbocycles. The Morgan fingerprint density at radius 2 is 1.59 bits per heavy atom. The molecular formula is C15H9NO6. The van der Waals surface area contributed by atoms with Crippen molar-refractivity contribution < 1.29 is 29.7 Å². The third kappa shape index (κ3) is 1.65. The van der Waals surface area contributed by atoms with Crippen molar-refractivity contribution in [2.24, 2.45) is 0 Å². The van der Waals surface area contributed by atoms with Gasteiger partial charge in [-0.25, -0.2) is 4.79 Å². The summed E-state index contributed by atoms with van der Waals surface area (Å²) in [6.45, 7) is 0. The van der Waals surface area contributed by atoms with E-state index in [0.717, 1.165) is 12.1 Å². The van der Waals surface area contributed by atoms with E-state index >= 15 is 0 Å². The highest BCUT2D eigenvalue weighted by Gasteiger charge is 2.34. The van der Waals surface area contributed by atoms with Gasteiger partial charge >= 0.3 is 5.97 Å². The molecule has 0 heterocycles. The van der Waals surface area contributed by atoms with Crippen LogP contribution in [0.3, 0.4) is 0 Å². The van der Waals surface area contributed by atoms with Crippen molar-refractivity contribution in [1.82, 2.24) is 0 Å². The Kier molecular flexibility index (Phi) is 2.68. The van der Waals surface area contributed by atoms with Crippen LogP contribution in [-0.2, 0) is 0 Å². The van der Waals surface area contributed by atoms with Crippen LogP contribution in [0.5, 0.6) is 11.5 Å². The Morgan fingerprint density at radius 1 is 0.909 bits per heavy atom. The van der Waals surface area contributed by atoms with Crippen LogP contribution in [0.15, 0.2) is 24.3 Å². The molecule has 1 aliphatic rings. The molecule has 0 saturated heterocycles. The number of rotatable bonds is 1. The van der Waals surface area contributed by atoms with Crippen molar-refractivity contribution in [3.63, 3.8) is 0 Å². The van der Waals surface area contributed by atoms with Crippen molar-refractivity contribution in [3.05, 3.63) is 52.1 Å². The van der Waals surface area contributed by atoms with Crippen LogP contribution in [0, 0.1) is 0 Å². The van der Waals surface area contributed by atoms with Gasteiger partial charge in [0.15, 0.2) is 23.1 Å². The topological polar surface area (TPSA) is 138 Å². The average molecular weight is 299 g/mol. The molecule has 0 saturated carbocycles. The fourth-order valence-electron chi connectivity index (χ4n) is 2.43. The molecule has 0 radical (unpaired) electrons. The maximum atomic E-state index is 12.5. The Hall–Kier alpha value is -3.35. The molecule has 1 aliphatic carbocycles. The first kappa shape index (κ1) is 13.6. The van der Waals surface area contributed by atoms with E-state index in [2.05, 4.69) is 0 Å². The number of aromatic hydroxyl groups is 2. The van der Waals surface area contributed by atoms with E-state index in [1.54, 1.807) is 0 Å². The molecule has 0 amide bonds. The number of fused-ring (bicyclic) bond motifs is 2. The van der Waals surface area contributed by atoms with Gasteiger partial charge in [0.1, 0.15) is 0 Å². The van der Waals surface area contributed by atoms with E-state index in [1.165, 1.54) is 12.1 Å². The van der Waals surface area contributed by atoms with Crippen molar-refractivity contribution in [1.29, 1.82) is 0 Å². The van der Waals surface area contributed by atoms with Crippen LogP contribution < -0.4 is 5.73 Å². The first-order valence-electron chi connectivity index (χ1n) is 6.14. The van der Waals surface area contributed by atoms with Crippen molar-refractivity contribution >= 4 is 23.2 Å². The summed E-state index contributed by atoms with van der Waals surface area (Å²) in [5.74, 6) is -4.07. The molecule has 110 valence electrons. The molecule has 0 aromatic heterocycles. The third-order valence-corrected chi connectivity index (χ3v) is 3.53. The number of carbonyl (C=O) groups excluding carboxylic acids is 2. The minimum atomic E-state index is -1.25. The van der Waals surface area contributed by atoms with Crippen LogP contribution in [0.25, 0.3) is 0 Å². The van der Waals surface area contributed by atoms with Gasteiger partial charge < -0.3 is 21.1 Å². The fraction of sp³-hybridized carbons (Fsp3) is 0. The average Bonchev–Trinajstić information content (AvgIpc) is 2.49. The highest BCUT2D eigenvalue weighted by molar-refractivity contribution is 6.30. The van der Waals surface area contributed by atoms with Gasteiger partial charge in [-0.15, -0.1) is 0 Å². The Bertz CT molecular complexity index is 884. The number of nitrogens with two attached hydrogens (primary N) is 1. The maximum Gasteiger partial charge on any atom is 0.335 e. The number of phenols is 2. The van der Waals surface area contributed by atoms with Gasteiger partial charge in [-0.1, -0.05) is 0 Å². The lowest BCUT2D eigenvalue weighted by Crippen LogP contribution is -2.22. The Balaban J connectivity index is 2.33. The summed E-state index contributed by atoms with van der Waals surface area (Å²) in [6, 6.07) is 4.62. The van der Waals surface area contributed by atoms with Gasteiger partial charge in [0.05, 0.1) is 16.8 Å². The van der Waals surface area contributed by atoms with Gasteiger partial charge in [-0.05, 0) is 24.3 Å². The molecule has 22 heavy (non-hydrogen) atoms. The standard InChI is InChI=1S/C15H9NO6/c16-9-4-8-10(14(20)13(9)19)12(18)7-3-5(15(21)22)1-2-6(7)11(8)17/h1-4,19-20H,16H2,(H,21,22). The molecule has 0 fully saturated rings. The molecule has 7 heteroatoms. The van der Waals surface area contributed by atoms with E-state index in [9.17, 15) is 24.6 Å². The third-order valence-electron chi connectivity index (χ3n) is 3.53. The second kappa shape index (κ2) is 4.32. The molecule has 3 rings (SSSR count). The molecule has 2 aromatic rings. The summed E-state index contributed by atoms with van der Waals surface area (Å²) in [5.41, 5.74) is 4.45. The zero-order valence-corrected chi connectivity index (χ0v) is 11.0. The molecule has 0 unspecified atom stereocenters. The van der Waals surface area contributed by atoms with E-state index in [4.69, 9.17) is 10.8 Å². The fourth-order valence-corrected chi connectivity index (χ4v) is 2.43. The summed E-state index contributed by atoms with van der Waals surface area (Å²) in [5, 5.41) is 28.5. The van der Waals surface area contributed by atoms with Crippen LogP contribution >= 0.6 is 0 Å². The van der Waals surface area contributed by atoms with E-state index in [-0.39, 0.29) is 33.5 Å². The van der Waals surface area contributed by atoms with E-state index in [1.807, 2.05) is 0 Å². The highest BCUT2D eigenvalue weighted by atomic mass is 16.4. The summed E-state index contributed by atoms with van der Waals surface area (Å²) < 4.78 is 0. The zero-order valence-electron chi connectivity index (χ0n) is 11.0. The van der Waals surface area contributed by atoms with E-state index < -0.39 is 29.0 Å². The minimum absolute atomic E-state index is 0.0204. The molecule has 0 bridgehead atoms. The lowest BCUT2D eigenvalue weighted by atomic mass is 9.82. The molecule has 0 atom stereocenters. The number of hydrogen-bond acceptors (Lipinski definition) is 6. The molecule has 0 spiro atoms. The number of carbonyl (C=O) groups is 3. The molecule has 5 N–H and O–H groups in total. The second-order valence-electron chi connectivity index (χ2n) is 4.81. The van der Waals surface area contributed by atoms with Crippen LogP contribution in [-0.4, -0.2) is 32.9 Å². The number of benzene rings is 2. The predicted octanol–water partition coefficient (Wildman–Crippen LogP) is 1.15. The van der Waals surface area contributed by atoms with E-state index in [0.29, 0.717) is 0 Å². The molecule has 7 nitrogen and oxygen atoms in total. The van der Waals surface area contributed by atoms with Crippen LogP contribution in [0.2, 0.25) is 0 Å². The van der Waals surface area contributed by atoms with Crippen molar-refractivity contribution in [2.45, 2.75) is 0 Å². The van der Waals surface area contributed by atoms with Crippen LogP contribution in [0.1, 0.15) is 42.2 Å². The number of carboxylic acid groups (broad SMARTS) is 1. The first-order chi connectivity index (χ1) is 10.3. The van der Waals surface area contributed by atoms with Crippen molar-refractivity contribution in [3.8, 4) is 11.5 Å². The summed E-state index contributed by atoms with van der Waals surface area (Å²) in [6.07, 6.45) is 0. The van der Waals surface area contributed by atoms with Gasteiger partial charge in [0.2, 0.25) is 0 Å². The number of hydrogen-bond donors (Lipinski definition) is 4. The lowest BCUT2D eigenvalue weighted by Gasteiger charge is -2.19.